The number of methoxy groups -OCH3 is 2. The molecule has 3 aromatic rings. The standard InChI is InChI=1S/C37H48N2O10S/c1-27(49-50(4,41)42)24-46-34-22-39(37(40)48-25-28-9-6-5-7-10-28)23-35(36(34)30-12-14-31(44-3)15-13-30)47-26-29-11-16-33-32(21-29)38(18-20-45-33)17-8-19-43-2/h5-7,9-16,21,27,34-36H,8,17-20,22-26H2,1-4H3/t27-,34+,35-,36-/m0/s1. The van der Waals surface area contributed by atoms with E-state index >= 15 is 0 Å². The van der Waals surface area contributed by atoms with Gasteiger partial charge in [-0.1, -0.05) is 48.5 Å². The summed E-state index contributed by atoms with van der Waals surface area (Å²) < 4.78 is 64.2. The third-order valence-electron chi connectivity index (χ3n) is 8.67. The maximum atomic E-state index is 13.5. The number of carbonyl (C=O) groups excluding carboxylic acids is 1. The van der Waals surface area contributed by atoms with E-state index in [0.29, 0.717) is 19.0 Å². The topological polar surface area (TPSA) is 122 Å². The summed E-state index contributed by atoms with van der Waals surface area (Å²) in [5, 5.41) is 0. The summed E-state index contributed by atoms with van der Waals surface area (Å²) in [5.41, 5.74) is 3.76. The van der Waals surface area contributed by atoms with Crippen LogP contribution in [0.15, 0.2) is 72.8 Å². The zero-order valence-electron chi connectivity index (χ0n) is 29.2. The maximum Gasteiger partial charge on any atom is 0.410 e. The molecule has 0 radical (unpaired) electrons. The number of piperidine rings is 1. The molecule has 2 heterocycles. The molecule has 0 unspecified atom stereocenters. The summed E-state index contributed by atoms with van der Waals surface area (Å²) in [7, 11) is -0.383. The maximum absolute atomic E-state index is 13.5. The van der Waals surface area contributed by atoms with Crippen molar-refractivity contribution >= 4 is 21.9 Å². The second kappa shape index (κ2) is 17.9. The van der Waals surface area contributed by atoms with Crippen LogP contribution >= 0.6 is 0 Å². The number of ether oxygens (including phenoxy) is 6. The molecule has 1 fully saturated rings. The molecule has 5 rings (SSSR count). The van der Waals surface area contributed by atoms with Crippen molar-refractivity contribution in [1.29, 1.82) is 0 Å². The molecule has 1 amide bonds. The zero-order valence-corrected chi connectivity index (χ0v) is 30.0. The lowest BCUT2D eigenvalue weighted by Crippen LogP contribution is -2.55. The predicted octanol–water partition coefficient (Wildman–Crippen LogP) is 5.00. The number of hydrogen-bond acceptors (Lipinski definition) is 11. The van der Waals surface area contributed by atoms with E-state index in [1.54, 1.807) is 26.0 Å². The van der Waals surface area contributed by atoms with Crippen molar-refractivity contribution < 1.29 is 45.8 Å². The summed E-state index contributed by atoms with van der Waals surface area (Å²) in [4.78, 5) is 17.4. The number of hydrogen-bond donors (Lipinski definition) is 0. The van der Waals surface area contributed by atoms with Crippen molar-refractivity contribution in [3.8, 4) is 11.5 Å². The lowest BCUT2D eigenvalue weighted by molar-refractivity contribution is -0.100. The first kappa shape index (κ1) is 37.4. The molecule has 0 aromatic heterocycles. The van der Waals surface area contributed by atoms with E-state index in [-0.39, 0.29) is 38.8 Å². The van der Waals surface area contributed by atoms with Gasteiger partial charge in [0.1, 0.15) is 24.7 Å². The van der Waals surface area contributed by atoms with Gasteiger partial charge in [0.2, 0.25) is 0 Å². The monoisotopic (exact) mass is 712 g/mol. The van der Waals surface area contributed by atoms with Crippen LogP contribution in [0.3, 0.4) is 0 Å². The van der Waals surface area contributed by atoms with Gasteiger partial charge in [-0.2, -0.15) is 8.42 Å². The highest BCUT2D eigenvalue weighted by atomic mass is 32.2. The lowest BCUT2D eigenvalue weighted by Gasteiger charge is -2.43. The summed E-state index contributed by atoms with van der Waals surface area (Å²) in [6, 6.07) is 23.2. The summed E-state index contributed by atoms with van der Waals surface area (Å²) in [6.07, 6.45) is -0.432. The normalized spacial score (nSPS) is 19.7. The Balaban J connectivity index is 1.40. The summed E-state index contributed by atoms with van der Waals surface area (Å²) >= 11 is 0. The Morgan fingerprint density at radius 1 is 0.940 bits per heavy atom. The summed E-state index contributed by atoms with van der Waals surface area (Å²) in [6.45, 7) is 5.36. The smallest absolute Gasteiger partial charge is 0.410 e. The number of likely N-dealkylation sites (tertiary alicyclic amines) is 1. The van der Waals surface area contributed by atoms with Crippen molar-refractivity contribution in [2.75, 3.05) is 71.4 Å². The van der Waals surface area contributed by atoms with Crippen LogP contribution in [0.1, 0.15) is 36.0 Å². The van der Waals surface area contributed by atoms with Crippen molar-refractivity contribution in [2.45, 2.75) is 50.8 Å². The van der Waals surface area contributed by atoms with E-state index < -0.39 is 34.5 Å². The van der Waals surface area contributed by atoms with Crippen LogP contribution in [-0.2, 0) is 46.5 Å². The van der Waals surface area contributed by atoms with Gasteiger partial charge in [-0.25, -0.2) is 4.79 Å². The average molecular weight is 713 g/mol. The quantitative estimate of drug-likeness (QED) is 0.147. The fraction of sp³-hybridized carbons (Fsp3) is 0.486. The van der Waals surface area contributed by atoms with Gasteiger partial charge in [-0.3, -0.25) is 4.18 Å². The third-order valence-corrected chi connectivity index (χ3v) is 9.35. The van der Waals surface area contributed by atoms with Crippen LogP contribution < -0.4 is 14.4 Å². The number of fused-ring (bicyclic) bond motifs is 1. The van der Waals surface area contributed by atoms with Crippen LogP contribution in [0.5, 0.6) is 11.5 Å². The minimum absolute atomic E-state index is 0.0201. The van der Waals surface area contributed by atoms with Gasteiger partial charge in [0, 0.05) is 26.2 Å². The number of benzene rings is 3. The first-order chi connectivity index (χ1) is 24.1. The van der Waals surface area contributed by atoms with E-state index in [1.165, 1.54) is 0 Å². The van der Waals surface area contributed by atoms with Gasteiger partial charge in [0.05, 0.1) is 70.2 Å². The van der Waals surface area contributed by atoms with E-state index in [1.807, 2.05) is 66.7 Å². The molecule has 0 N–H and O–H groups in total. The molecule has 1 saturated heterocycles. The summed E-state index contributed by atoms with van der Waals surface area (Å²) in [5.74, 6) is 1.21. The van der Waals surface area contributed by atoms with Crippen molar-refractivity contribution in [1.82, 2.24) is 4.90 Å². The molecule has 0 spiro atoms. The van der Waals surface area contributed by atoms with Gasteiger partial charge in [-0.15, -0.1) is 0 Å². The SMILES string of the molecule is COCCCN1CCOc2ccc(CO[C@H]3CN(C(=O)OCc4ccccc4)C[C@@H](OC[C@H](C)OS(C)(=O)=O)[C@@H]3c3ccc(OC)cc3)cc21. The van der Waals surface area contributed by atoms with Crippen LogP contribution in [0.2, 0.25) is 0 Å². The highest BCUT2D eigenvalue weighted by Gasteiger charge is 2.42. The Hall–Kier alpha value is -3.88. The number of rotatable bonds is 16. The fourth-order valence-corrected chi connectivity index (χ4v) is 6.98. The van der Waals surface area contributed by atoms with Crippen molar-refractivity contribution in [2.24, 2.45) is 0 Å². The lowest BCUT2D eigenvalue weighted by atomic mass is 9.84. The van der Waals surface area contributed by atoms with Crippen molar-refractivity contribution in [3.63, 3.8) is 0 Å². The van der Waals surface area contributed by atoms with Gasteiger partial charge >= 0.3 is 6.09 Å². The Morgan fingerprint density at radius 3 is 2.38 bits per heavy atom. The molecule has 50 heavy (non-hydrogen) atoms. The molecule has 0 aliphatic carbocycles. The predicted molar refractivity (Wildman–Crippen MR) is 188 cm³/mol. The molecular weight excluding hydrogens is 664 g/mol. The molecule has 12 nitrogen and oxygen atoms in total. The minimum atomic E-state index is -3.70. The molecule has 272 valence electrons. The molecule has 2 aliphatic heterocycles. The fourth-order valence-electron chi connectivity index (χ4n) is 6.33. The Morgan fingerprint density at radius 2 is 1.68 bits per heavy atom. The Bertz CT molecular complexity index is 1620. The molecule has 4 atom stereocenters. The Labute approximate surface area is 295 Å². The van der Waals surface area contributed by atoms with E-state index in [9.17, 15) is 13.2 Å². The zero-order chi connectivity index (χ0) is 35.5. The van der Waals surface area contributed by atoms with E-state index in [2.05, 4.69) is 11.0 Å². The third kappa shape index (κ3) is 10.6. The second-order valence-electron chi connectivity index (χ2n) is 12.6. The van der Waals surface area contributed by atoms with Crippen LogP contribution in [0.4, 0.5) is 10.5 Å². The van der Waals surface area contributed by atoms with E-state index in [0.717, 1.165) is 53.9 Å². The number of nitrogens with zero attached hydrogens (tertiary/aromatic N) is 2. The molecular formula is C37H48N2O10S. The first-order valence-corrected chi connectivity index (χ1v) is 18.7. The molecule has 3 aromatic carbocycles. The van der Waals surface area contributed by atoms with Gasteiger partial charge in [0.15, 0.2) is 0 Å². The molecule has 13 heteroatoms. The minimum Gasteiger partial charge on any atom is -0.497 e. The second-order valence-corrected chi connectivity index (χ2v) is 14.2. The van der Waals surface area contributed by atoms with Crippen molar-refractivity contribution in [3.05, 3.63) is 89.5 Å². The van der Waals surface area contributed by atoms with Crippen LogP contribution in [0, 0.1) is 0 Å². The van der Waals surface area contributed by atoms with Gasteiger partial charge < -0.3 is 38.2 Å². The number of carbonyl (C=O) groups is 1. The average Bonchev–Trinajstić information content (AvgIpc) is 3.11. The molecule has 0 bridgehead atoms. The number of amides is 1. The highest BCUT2D eigenvalue weighted by Crippen LogP contribution is 2.36. The largest absolute Gasteiger partial charge is 0.497 e. The highest BCUT2D eigenvalue weighted by molar-refractivity contribution is 7.86. The molecule has 0 saturated carbocycles. The Kier molecular flexibility index (Phi) is 13.4. The first-order valence-electron chi connectivity index (χ1n) is 16.8. The number of anilines is 1. The molecule has 2 aliphatic rings. The van der Waals surface area contributed by atoms with E-state index in [4.69, 9.17) is 32.6 Å². The van der Waals surface area contributed by atoms with Crippen LogP contribution in [0.25, 0.3) is 0 Å². The van der Waals surface area contributed by atoms with Gasteiger partial charge in [-0.05, 0) is 54.3 Å². The van der Waals surface area contributed by atoms with Crippen LogP contribution in [-0.4, -0.2) is 104 Å². The van der Waals surface area contributed by atoms with Gasteiger partial charge in [0.25, 0.3) is 10.1 Å².